The second-order valence-corrected chi connectivity index (χ2v) is 5.03. The van der Waals surface area contributed by atoms with Gasteiger partial charge in [0, 0.05) is 6.54 Å². The van der Waals surface area contributed by atoms with Gasteiger partial charge in [-0.1, -0.05) is 0 Å². The second kappa shape index (κ2) is 6.59. The Labute approximate surface area is 101 Å². The third-order valence-electron chi connectivity index (χ3n) is 3.31. The lowest BCUT2D eigenvalue weighted by Crippen LogP contribution is -2.42. The summed E-state index contributed by atoms with van der Waals surface area (Å²) in [4.78, 5) is 1.91. The zero-order valence-electron chi connectivity index (χ0n) is 10.3. The summed E-state index contributed by atoms with van der Waals surface area (Å²) in [7, 11) is 0. The van der Waals surface area contributed by atoms with Crippen LogP contribution >= 0.6 is 0 Å². The molecule has 1 aliphatic heterocycles. The first-order chi connectivity index (χ1) is 7.89. The van der Waals surface area contributed by atoms with Gasteiger partial charge in [0.1, 0.15) is 0 Å². The molecule has 1 aliphatic rings. The highest BCUT2D eigenvalue weighted by molar-refractivity contribution is 4.77. The van der Waals surface area contributed by atoms with Crippen LogP contribution < -0.4 is 0 Å². The van der Waals surface area contributed by atoms with Crippen molar-refractivity contribution in [1.82, 2.24) is 4.90 Å². The molecule has 0 amide bonds. The Morgan fingerprint density at radius 3 is 2.65 bits per heavy atom. The van der Waals surface area contributed by atoms with Gasteiger partial charge >= 0.3 is 6.18 Å². The lowest BCUT2D eigenvalue weighted by molar-refractivity contribution is -0.186. The monoisotopic (exact) mass is 253 g/mol. The molecule has 0 aliphatic carbocycles. The van der Waals surface area contributed by atoms with Gasteiger partial charge in [0.2, 0.25) is 0 Å². The van der Waals surface area contributed by atoms with Crippen molar-refractivity contribution in [2.45, 2.75) is 51.3 Å². The number of hydrogen-bond acceptors (Lipinski definition) is 2. The summed E-state index contributed by atoms with van der Waals surface area (Å²) in [6.45, 7) is 3.39. The fraction of sp³-hybridized carbons (Fsp3) is 1.00. The van der Waals surface area contributed by atoms with E-state index in [0.717, 1.165) is 32.4 Å². The summed E-state index contributed by atoms with van der Waals surface area (Å²) in [5.41, 5.74) is 0. The maximum Gasteiger partial charge on any atom is 0.393 e. The molecule has 1 saturated heterocycles. The zero-order chi connectivity index (χ0) is 12.9. The molecule has 1 N–H and O–H groups in total. The molecule has 2 nitrogen and oxygen atoms in total. The first-order valence-corrected chi connectivity index (χ1v) is 6.36. The molecule has 0 spiro atoms. The van der Waals surface area contributed by atoms with E-state index < -0.39 is 12.1 Å². The van der Waals surface area contributed by atoms with Gasteiger partial charge in [0.05, 0.1) is 12.0 Å². The van der Waals surface area contributed by atoms with Crippen molar-refractivity contribution in [3.8, 4) is 0 Å². The standard InChI is InChI=1S/C12H22F3NO/c1-10(17)5-2-3-7-16-8-4-6-11(9-16)12(13,14)15/h10-11,17H,2-9H2,1H3. The fourth-order valence-corrected chi connectivity index (χ4v) is 2.30. The quantitative estimate of drug-likeness (QED) is 0.762. The molecule has 0 saturated carbocycles. The van der Waals surface area contributed by atoms with Gasteiger partial charge in [-0.25, -0.2) is 0 Å². The minimum atomic E-state index is -4.04. The lowest BCUT2D eigenvalue weighted by atomic mass is 9.97. The zero-order valence-corrected chi connectivity index (χ0v) is 10.3. The molecule has 1 rings (SSSR count). The number of unbranched alkanes of at least 4 members (excludes halogenated alkanes) is 1. The Kier molecular flexibility index (Phi) is 5.73. The molecule has 1 heterocycles. The molecule has 2 atom stereocenters. The number of aliphatic hydroxyl groups excluding tert-OH is 1. The van der Waals surface area contributed by atoms with Gasteiger partial charge in [0.25, 0.3) is 0 Å². The number of piperidine rings is 1. The second-order valence-electron chi connectivity index (χ2n) is 5.03. The summed E-state index contributed by atoms with van der Waals surface area (Å²) in [6.07, 6.45) is -0.956. The van der Waals surface area contributed by atoms with E-state index in [1.165, 1.54) is 0 Å². The van der Waals surface area contributed by atoms with Crippen molar-refractivity contribution in [2.24, 2.45) is 5.92 Å². The molecular formula is C12H22F3NO. The van der Waals surface area contributed by atoms with Gasteiger partial charge < -0.3 is 10.0 Å². The number of halogens is 3. The SMILES string of the molecule is CC(O)CCCCN1CCCC(C(F)(F)F)C1. The molecule has 17 heavy (non-hydrogen) atoms. The first kappa shape index (κ1) is 14.8. The largest absolute Gasteiger partial charge is 0.393 e. The molecule has 1 fully saturated rings. The summed E-state index contributed by atoms with van der Waals surface area (Å²) in [5, 5.41) is 9.08. The Bertz CT molecular complexity index is 218. The van der Waals surface area contributed by atoms with E-state index in [4.69, 9.17) is 5.11 Å². The van der Waals surface area contributed by atoms with Crippen LogP contribution in [-0.4, -0.2) is 41.9 Å². The van der Waals surface area contributed by atoms with Crippen molar-refractivity contribution >= 4 is 0 Å². The van der Waals surface area contributed by atoms with Crippen LogP contribution in [-0.2, 0) is 0 Å². The molecule has 0 radical (unpaired) electrons. The van der Waals surface area contributed by atoms with E-state index in [2.05, 4.69) is 0 Å². The summed E-state index contributed by atoms with van der Waals surface area (Å²) in [6, 6.07) is 0. The predicted octanol–water partition coefficient (Wildman–Crippen LogP) is 2.81. The first-order valence-electron chi connectivity index (χ1n) is 6.36. The topological polar surface area (TPSA) is 23.5 Å². The molecule has 0 bridgehead atoms. The number of aliphatic hydroxyl groups is 1. The Morgan fingerprint density at radius 1 is 1.35 bits per heavy atom. The van der Waals surface area contributed by atoms with Crippen molar-refractivity contribution in [1.29, 1.82) is 0 Å². The van der Waals surface area contributed by atoms with Crippen molar-refractivity contribution in [3.63, 3.8) is 0 Å². The van der Waals surface area contributed by atoms with E-state index in [0.29, 0.717) is 6.42 Å². The highest BCUT2D eigenvalue weighted by Crippen LogP contribution is 2.33. The molecule has 0 aromatic heterocycles. The van der Waals surface area contributed by atoms with Crippen LogP contribution in [0.1, 0.15) is 39.0 Å². The molecule has 0 aromatic carbocycles. The fourth-order valence-electron chi connectivity index (χ4n) is 2.30. The average Bonchev–Trinajstić information content (AvgIpc) is 2.23. The van der Waals surface area contributed by atoms with Gasteiger partial charge in [-0.2, -0.15) is 13.2 Å². The third-order valence-corrected chi connectivity index (χ3v) is 3.31. The van der Waals surface area contributed by atoms with Crippen LogP contribution in [0.5, 0.6) is 0 Å². The van der Waals surface area contributed by atoms with Crippen LogP contribution in [0.25, 0.3) is 0 Å². The number of likely N-dealkylation sites (tertiary alicyclic amines) is 1. The lowest BCUT2D eigenvalue weighted by Gasteiger charge is -2.33. The number of nitrogens with zero attached hydrogens (tertiary/aromatic N) is 1. The number of hydrogen-bond donors (Lipinski definition) is 1. The minimum absolute atomic E-state index is 0.151. The Hall–Kier alpha value is -0.290. The van der Waals surface area contributed by atoms with Crippen LogP contribution in [0.15, 0.2) is 0 Å². The van der Waals surface area contributed by atoms with Crippen molar-refractivity contribution in [3.05, 3.63) is 0 Å². The smallest absolute Gasteiger partial charge is 0.393 e. The summed E-state index contributed by atoms with van der Waals surface area (Å²) >= 11 is 0. The third kappa shape index (κ3) is 5.73. The van der Waals surface area contributed by atoms with E-state index in [9.17, 15) is 13.2 Å². The van der Waals surface area contributed by atoms with Crippen LogP contribution in [0, 0.1) is 5.92 Å². The predicted molar refractivity (Wildman–Crippen MR) is 60.8 cm³/mol. The number of rotatable bonds is 5. The average molecular weight is 253 g/mol. The molecular weight excluding hydrogens is 231 g/mol. The van der Waals surface area contributed by atoms with Crippen LogP contribution in [0.4, 0.5) is 13.2 Å². The van der Waals surface area contributed by atoms with E-state index in [-0.39, 0.29) is 19.1 Å². The minimum Gasteiger partial charge on any atom is -0.393 e. The number of alkyl halides is 3. The van der Waals surface area contributed by atoms with Crippen molar-refractivity contribution < 1.29 is 18.3 Å². The Morgan fingerprint density at radius 2 is 2.06 bits per heavy atom. The normalized spacial score (nSPS) is 24.9. The molecule has 2 unspecified atom stereocenters. The van der Waals surface area contributed by atoms with Crippen molar-refractivity contribution in [2.75, 3.05) is 19.6 Å². The maximum atomic E-state index is 12.5. The van der Waals surface area contributed by atoms with Gasteiger partial charge in [-0.3, -0.25) is 0 Å². The highest BCUT2D eigenvalue weighted by Gasteiger charge is 2.41. The molecule has 102 valence electrons. The van der Waals surface area contributed by atoms with E-state index in [1.807, 2.05) is 4.90 Å². The van der Waals surface area contributed by atoms with E-state index >= 15 is 0 Å². The van der Waals surface area contributed by atoms with Gasteiger partial charge in [0.15, 0.2) is 0 Å². The molecule has 0 aromatic rings. The summed E-state index contributed by atoms with van der Waals surface area (Å²) in [5.74, 6) is -1.15. The van der Waals surface area contributed by atoms with Crippen LogP contribution in [0.3, 0.4) is 0 Å². The highest BCUT2D eigenvalue weighted by atomic mass is 19.4. The summed E-state index contributed by atoms with van der Waals surface area (Å²) < 4.78 is 37.6. The van der Waals surface area contributed by atoms with Gasteiger partial charge in [-0.05, 0) is 52.1 Å². The van der Waals surface area contributed by atoms with Gasteiger partial charge in [-0.15, -0.1) is 0 Å². The Balaban J connectivity index is 2.21. The van der Waals surface area contributed by atoms with E-state index in [1.54, 1.807) is 6.92 Å². The maximum absolute atomic E-state index is 12.5. The molecule has 5 heteroatoms. The van der Waals surface area contributed by atoms with Crippen LogP contribution in [0.2, 0.25) is 0 Å².